The third-order valence-corrected chi connectivity index (χ3v) is 2.56. The highest BCUT2D eigenvalue weighted by atomic mass is 31.2. The predicted molar refractivity (Wildman–Crippen MR) is 49.9 cm³/mol. The Bertz CT molecular complexity index is 313. The Morgan fingerprint density at radius 1 is 1.36 bits per heavy atom. The second-order valence-electron chi connectivity index (χ2n) is 2.40. The normalized spacial score (nSPS) is 14.7. The SMILES string of the molecule is COOP(=O)(CO)Oc1ccccc1. The van der Waals surface area contributed by atoms with Crippen molar-refractivity contribution in [2.75, 3.05) is 13.5 Å². The van der Waals surface area contributed by atoms with Gasteiger partial charge in [-0.25, -0.2) is 9.45 Å². The van der Waals surface area contributed by atoms with E-state index >= 15 is 0 Å². The molecule has 1 aromatic rings. The molecule has 78 valence electrons. The molecule has 0 fully saturated rings. The minimum Gasteiger partial charge on any atom is -0.422 e. The molecule has 0 bridgehead atoms. The maximum absolute atomic E-state index is 11.5. The molecule has 0 amide bonds. The van der Waals surface area contributed by atoms with Crippen molar-refractivity contribution in [2.45, 2.75) is 0 Å². The zero-order valence-electron chi connectivity index (χ0n) is 7.62. The van der Waals surface area contributed by atoms with E-state index in [2.05, 4.69) is 9.56 Å². The van der Waals surface area contributed by atoms with Crippen LogP contribution in [-0.2, 0) is 14.1 Å². The zero-order valence-corrected chi connectivity index (χ0v) is 8.52. The van der Waals surface area contributed by atoms with Gasteiger partial charge in [-0.3, -0.25) is 0 Å². The number of aliphatic hydroxyl groups is 1. The fourth-order valence-electron chi connectivity index (χ4n) is 0.823. The molecule has 0 aromatic heterocycles. The van der Waals surface area contributed by atoms with Crippen molar-refractivity contribution in [2.24, 2.45) is 0 Å². The topological polar surface area (TPSA) is 65.0 Å². The lowest BCUT2D eigenvalue weighted by atomic mass is 10.3. The van der Waals surface area contributed by atoms with E-state index in [4.69, 9.17) is 9.63 Å². The van der Waals surface area contributed by atoms with E-state index in [1.807, 2.05) is 0 Å². The lowest BCUT2D eigenvalue weighted by molar-refractivity contribution is -0.185. The number of hydrogen-bond acceptors (Lipinski definition) is 5. The Hall–Kier alpha value is -0.870. The summed E-state index contributed by atoms with van der Waals surface area (Å²) < 4.78 is 20.8. The van der Waals surface area contributed by atoms with Crippen molar-refractivity contribution in [1.82, 2.24) is 0 Å². The van der Waals surface area contributed by atoms with Crippen molar-refractivity contribution < 1.29 is 23.8 Å². The second-order valence-corrected chi connectivity index (χ2v) is 4.23. The maximum atomic E-state index is 11.5. The highest BCUT2D eigenvalue weighted by molar-refractivity contribution is 7.53. The number of rotatable bonds is 5. The summed E-state index contributed by atoms with van der Waals surface area (Å²) in [6, 6.07) is 8.41. The summed E-state index contributed by atoms with van der Waals surface area (Å²) in [6.07, 6.45) is -0.740. The lowest BCUT2D eigenvalue weighted by Crippen LogP contribution is -2.01. The molecule has 0 heterocycles. The Kier molecular flexibility index (Phi) is 4.10. The first-order valence-corrected chi connectivity index (χ1v) is 5.60. The van der Waals surface area contributed by atoms with Crippen molar-refractivity contribution in [3.05, 3.63) is 30.3 Å². The largest absolute Gasteiger partial charge is 0.431 e. The molecule has 0 saturated carbocycles. The molecule has 1 N–H and O–H groups in total. The summed E-state index contributed by atoms with van der Waals surface area (Å²) >= 11 is 0. The predicted octanol–water partition coefficient (Wildman–Crippen LogP) is 1.79. The third kappa shape index (κ3) is 3.12. The van der Waals surface area contributed by atoms with Gasteiger partial charge >= 0.3 is 7.60 Å². The van der Waals surface area contributed by atoms with Crippen LogP contribution >= 0.6 is 7.60 Å². The third-order valence-electron chi connectivity index (χ3n) is 1.35. The second kappa shape index (κ2) is 5.12. The minimum atomic E-state index is -3.59. The highest BCUT2D eigenvalue weighted by Gasteiger charge is 2.26. The summed E-state index contributed by atoms with van der Waals surface area (Å²) in [6.45, 7) is 0. The smallest absolute Gasteiger partial charge is 0.422 e. The summed E-state index contributed by atoms with van der Waals surface area (Å²) in [5.41, 5.74) is 0. The molecule has 5 nitrogen and oxygen atoms in total. The molecule has 0 aliphatic heterocycles. The molecule has 0 spiro atoms. The van der Waals surface area contributed by atoms with Crippen LogP contribution in [0.5, 0.6) is 5.75 Å². The number of hydrogen-bond donors (Lipinski definition) is 1. The molecule has 1 atom stereocenters. The molecule has 6 heteroatoms. The van der Waals surface area contributed by atoms with Crippen molar-refractivity contribution >= 4 is 7.60 Å². The van der Waals surface area contributed by atoms with Crippen LogP contribution < -0.4 is 4.52 Å². The Balaban J connectivity index is 2.71. The van der Waals surface area contributed by atoms with Gasteiger partial charge in [-0.1, -0.05) is 18.2 Å². The first-order valence-electron chi connectivity index (χ1n) is 3.87. The monoisotopic (exact) mass is 218 g/mol. The van der Waals surface area contributed by atoms with Gasteiger partial charge in [-0.15, -0.1) is 4.67 Å². The van der Waals surface area contributed by atoms with Crippen LogP contribution in [0, 0.1) is 0 Å². The fourth-order valence-corrected chi connectivity index (χ4v) is 1.63. The minimum absolute atomic E-state index is 0.349. The van der Waals surface area contributed by atoms with E-state index in [1.54, 1.807) is 30.3 Å². The molecule has 14 heavy (non-hydrogen) atoms. The number of aliphatic hydroxyl groups excluding tert-OH is 1. The van der Waals surface area contributed by atoms with E-state index in [9.17, 15) is 4.57 Å². The maximum Gasteiger partial charge on any atom is 0.431 e. The van der Waals surface area contributed by atoms with Gasteiger partial charge in [0.1, 0.15) is 5.75 Å². The molecule has 0 saturated heterocycles. The lowest BCUT2D eigenvalue weighted by Gasteiger charge is -2.14. The molecule has 0 aliphatic carbocycles. The number of benzene rings is 1. The highest BCUT2D eigenvalue weighted by Crippen LogP contribution is 2.47. The van der Waals surface area contributed by atoms with Gasteiger partial charge in [0.2, 0.25) is 0 Å². The van der Waals surface area contributed by atoms with Crippen LogP contribution in [0.15, 0.2) is 30.3 Å². The molecule has 1 unspecified atom stereocenters. The van der Waals surface area contributed by atoms with E-state index in [0.29, 0.717) is 5.75 Å². The van der Waals surface area contributed by atoms with Gasteiger partial charge in [-0.2, -0.15) is 0 Å². The van der Waals surface area contributed by atoms with Crippen LogP contribution in [-0.4, -0.2) is 18.6 Å². The van der Waals surface area contributed by atoms with E-state index in [-0.39, 0.29) is 0 Å². The van der Waals surface area contributed by atoms with E-state index < -0.39 is 13.9 Å². The molecule has 0 radical (unpaired) electrons. The summed E-state index contributed by atoms with van der Waals surface area (Å²) in [4.78, 5) is 4.22. The van der Waals surface area contributed by atoms with Crippen LogP contribution in [0.25, 0.3) is 0 Å². The Labute approximate surface area is 81.7 Å². The molecule has 0 aliphatic rings. The van der Waals surface area contributed by atoms with Gasteiger partial charge in [0.15, 0.2) is 6.35 Å². The van der Waals surface area contributed by atoms with Gasteiger partial charge in [-0.05, 0) is 12.1 Å². The van der Waals surface area contributed by atoms with Crippen LogP contribution in [0.4, 0.5) is 0 Å². The molecular weight excluding hydrogens is 207 g/mol. The standard InChI is InChI=1S/C8H11O5P/c1-11-13-14(10,7-9)12-8-5-3-2-4-6-8/h2-6,9H,7H2,1H3. The van der Waals surface area contributed by atoms with Gasteiger partial charge in [0, 0.05) is 0 Å². The summed E-state index contributed by atoms with van der Waals surface area (Å²) in [7, 11) is -2.40. The average molecular weight is 218 g/mol. The first kappa shape index (κ1) is 11.2. The summed E-state index contributed by atoms with van der Waals surface area (Å²) in [5.74, 6) is 0.349. The van der Waals surface area contributed by atoms with Crippen molar-refractivity contribution in [1.29, 1.82) is 0 Å². The number of para-hydroxylation sites is 1. The van der Waals surface area contributed by atoms with E-state index in [1.165, 1.54) is 7.11 Å². The van der Waals surface area contributed by atoms with Gasteiger partial charge in [0.05, 0.1) is 7.11 Å². The van der Waals surface area contributed by atoms with Crippen molar-refractivity contribution in [3.8, 4) is 5.75 Å². The van der Waals surface area contributed by atoms with Gasteiger partial charge < -0.3 is 9.63 Å². The Morgan fingerprint density at radius 3 is 2.50 bits per heavy atom. The van der Waals surface area contributed by atoms with Crippen molar-refractivity contribution in [3.63, 3.8) is 0 Å². The van der Waals surface area contributed by atoms with E-state index in [0.717, 1.165) is 0 Å². The molecule has 1 rings (SSSR count). The van der Waals surface area contributed by atoms with Crippen LogP contribution in [0.2, 0.25) is 0 Å². The average Bonchev–Trinajstić information content (AvgIpc) is 2.20. The Morgan fingerprint density at radius 2 is 2.00 bits per heavy atom. The first-order chi connectivity index (χ1) is 6.70. The fraction of sp³-hybridized carbons (Fsp3) is 0.250. The zero-order chi connectivity index (χ0) is 10.4. The molecular formula is C8H11O5P. The van der Waals surface area contributed by atoms with Crippen LogP contribution in [0.1, 0.15) is 0 Å². The van der Waals surface area contributed by atoms with Crippen LogP contribution in [0.3, 0.4) is 0 Å². The quantitative estimate of drug-likeness (QED) is 0.463. The van der Waals surface area contributed by atoms with Gasteiger partial charge in [0.25, 0.3) is 0 Å². The molecule has 1 aromatic carbocycles. The summed E-state index contributed by atoms with van der Waals surface area (Å²) in [5, 5.41) is 8.78.